The van der Waals surface area contributed by atoms with Gasteiger partial charge in [0.1, 0.15) is 11.9 Å². The Morgan fingerprint density at radius 3 is 2.56 bits per heavy atom. The minimum absolute atomic E-state index is 0.186. The van der Waals surface area contributed by atoms with Crippen LogP contribution in [-0.4, -0.2) is 18.1 Å². The maximum Gasteiger partial charge on any atom is 0.234 e. The topological polar surface area (TPSA) is 53.1 Å². The first-order valence-corrected chi connectivity index (χ1v) is 9.06. The van der Waals surface area contributed by atoms with Crippen molar-refractivity contribution in [2.75, 3.05) is 11.9 Å². The Balaban J connectivity index is 1.53. The lowest BCUT2D eigenvalue weighted by molar-refractivity contribution is 0.401. The lowest BCUT2D eigenvalue weighted by Crippen LogP contribution is -2.33. The highest BCUT2D eigenvalue weighted by Gasteiger charge is 2.44. The Labute approximate surface area is 147 Å². The van der Waals surface area contributed by atoms with Gasteiger partial charge in [0.25, 0.3) is 0 Å². The van der Waals surface area contributed by atoms with Gasteiger partial charge in [0.15, 0.2) is 0 Å². The van der Waals surface area contributed by atoms with Gasteiger partial charge in [-0.05, 0) is 42.9 Å². The van der Waals surface area contributed by atoms with E-state index < -0.39 is 0 Å². The number of hydrogen-bond acceptors (Lipinski definition) is 4. The monoisotopic (exact) mass is 339 g/mol. The molecule has 0 amide bonds. The van der Waals surface area contributed by atoms with Crippen LogP contribution in [-0.2, 0) is 0 Å². The molecule has 0 N–H and O–H groups in total. The summed E-state index contributed by atoms with van der Waals surface area (Å²) >= 11 is 0. The third-order valence-corrected chi connectivity index (χ3v) is 5.58. The smallest absolute Gasteiger partial charge is 0.234 e. The molecule has 4 rings (SSSR count). The van der Waals surface area contributed by atoms with Crippen molar-refractivity contribution in [2.45, 2.75) is 56.4 Å². The van der Waals surface area contributed by atoms with Gasteiger partial charge in [-0.25, -0.2) is 9.37 Å². The summed E-state index contributed by atoms with van der Waals surface area (Å²) in [5.41, 5.74) is 1.48. The van der Waals surface area contributed by atoms with Crippen LogP contribution in [0.25, 0.3) is 0 Å². The quantitative estimate of drug-likeness (QED) is 0.808. The Morgan fingerprint density at radius 2 is 1.88 bits per heavy atom. The summed E-state index contributed by atoms with van der Waals surface area (Å²) < 4.78 is 19.1. The van der Waals surface area contributed by atoms with Crippen LogP contribution >= 0.6 is 0 Å². The zero-order valence-corrected chi connectivity index (χ0v) is 14.4. The van der Waals surface area contributed by atoms with Crippen molar-refractivity contribution in [3.8, 4) is 6.07 Å². The van der Waals surface area contributed by atoms with E-state index in [0.29, 0.717) is 29.4 Å². The summed E-state index contributed by atoms with van der Waals surface area (Å²) in [6, 6.07) is 9.23. The van der Waals surface area contributed by atoms with E-state index in [1.165, 1.54) is 31.4 Å². The van der Waals surface area contributed by atoms with E-state index >= 15 is 0 Å². The summed E-state index contributed by atoms with van der Waals surface area (Å²) in [6.07, 6.45) is 6.96. The molecule has 2 aliphatic rings. The minimum atomic E-state index is -0.222. The second-order valence-corrected chi connectivity index (χ2v) is 7.22. The van der Waals surface area contributed by atoms with Crippen LogP contribution in [0.4, 0.5) is 10.3 Å². The molecule has 0 radical (unpaired) electrons. The molecule has 2 fully saturated rings. The number of oxazole rings is 1. The minimum Gasteiger partial charge on any atom is -0.423 e. The van der Waals surface area contributed by atoms with Crippen molar-refractivity contribution in [2.24, 2.45) is 0 Å². The van der Waals surface area contributed by atoms with Crippen LogP contribution in [0.15, 0.2) is 28.7 Å². The van der Waals surface area contributed by atoms with Gasteiger partial charge in [-0.1, -0.05) is 31.4 Å². The van der Waals surface area contributed by atoms with Crippen molar-refractivity contribution in [1.82, 2.24) is 4.98 Å². The summed E-state index contributed by atoms with van der Waals surface area (Å²) in [5, 5.41) is 9.45. The first-order valence-electron chi connectivity index (χ1n) is 9.06. The second-order valence-electron chi connectivity index (χ2n) is 7.22. The van der Waals surface area contributed by atoms with Gasteiger partial charge in [-0.3, -0.25) is 0 Å². The van der Waals surface area contributed by atoms with Crippen LogP contribution in [0.2, 0.25) is 0 Å². The summed E-state index contributed by atoms with van der Waals surface area (Å²) in [6.45, 7) is 0. The van der Waals surface area contributed by atoms with Crippen molar-refractivity contribution >= 4 is 5.88 Å². The Morgan fingerprint density at radius 1 is 1.16 bits per heavy atom. The van der Waals surface area contributed by atoms with E-state index in [1.807, 2.05) is 19.2 Å². The fourth-order valence-corrected chi connectivity index (χ4v) is 3.98. The molecule has 130 valence electrons. The van der Waals surface area contributed by atoms with Crippen LogP contribution in [0.5, 0.6) is 0 Å². The molecular formula is C20H22FN3O. The molecule has 1 heterocycles. The standard InChI is InChI=1S/C20H22FN3O/c1-24(15-5-3-2-4-6-15)20-18(12-22)23-19(25-20)17-11-16(17)13-7-9-14(21)10-8-13/h7-10,15-17H,2-6,11H2,1H3. The maximum absolute atomic E-state index is 13.1. The highest BCUT2D eigenvalue weighted by molar-refractivity contribution is 5.49. The predicted molar refractivity (Wildman–Crippen MR) is 93.0 cm³/mol. The van der Waals surface area contributed by atoms with Gasteiger partial charge in [0.05, 0.1) is 0 Å². The Bertz CT molecular complexity index is 786. The van der Waals surface area contributed by atoms with Gasteiger partial charge in [-0.2, -0.15) is 5.26 Å². The first kappa shape index (κ1) is 16.1. The SMILES string of the molecule is CN(c1oc(C2CC2c2ccc(F)cc2)nc1C#N)C1CCCCC1. The van der Waals surface area contributed by atoms with Gasteiger partial charge < -0.3 is 9.32 Å². The average Bonchev–Trinajstić information content (AvgIpc) is 3.33. The number of aromatic nitrogens is 1. The highest BCUT2D eigenvalue weighted by atomic mass is 19.1. The van der Waals surface area contributed by atoms with Crippen molar-refractivity contribution in [3.63, 3.8) is 0 Å². The number of rotatable bonds is 4. The molecular weight excluding hydrogens is 317 g/mol. The molecule has 2 unspecified atom stereocenters. The molecule has 2 saturated carbocycles. The van der Waals surface area contributed by atoms with Crippen molar-refractivity contribution in [3.05, 3.63) is 47.2 Å². The van der Waals surface area contributed by atoms with E-state index in [9.17, 15) is 9.65 Å². The molecule has 2 atom stereocenters. The number of nitriles is 1. The van der Waals surface area contributed by atoms with Gasteiger partial charge in [0.2, 0.25) is 17.5 Å². The molecule has 2 aliphatic carbocycles. The molecule has 4 nitrogen and oxygen atoms in total. The van der Waals surface area contributed by atoms with Gasteiger partial charge in [0, 0.05) is 19.0 Å². The molecule has 0 saturated heterocycles. The number of halogens is 1. The van der Waals surface area contributed by atoms with Crippen molar-refractivity contribution < 1.29 is 8.81 Å². The average molecular weight is 339 g/mol. The predicted octanol–water partition coefficient (Wildman–Crippen LogP) is 4.73. The Kier molecular flexibility index (Phi) is 4.20. The lowest BCUT2D eigenvalue weighted by atomic mass is 9.94. The second kappa shape index (κ2) is 6.51. The lowest BCUT2D eigenvalue weighted by Gasteiger charge is -2.30. The molecule has 2 aromatic rings. The number of benzene rings is 1. The van der Waals surface area contributed by atoms with Crippen LogP contribution < -0.4 is 4.90 Å². The van der Waals surface area contributed by atoms with E-state index in [2.05, 4.69) is 16.0 Å². The normalized spacial score (nSPS) is 23.2. The third kappa shape index (κ3) is 3.13. The summed E-state index contributed by atoms with van der Waals surface area (Å²) in [7, 11) is 2.01. The zero-order valence-electron chi connectivity index (χ0n) is 14.4. The molecule has 0 bridgehead atoms. The highest BCUT2D eigenvalue weighted by Crippen LogP contribution is 2.55. The van der Waals surface area contributed by atoms with Crippen LogP contribution in [0.1, 0.15) is 67.5 Å². The fourth-order valence-electron chi connectivity index (χ4n) is 3.98. The summed E-state index contributed by atoms with van der Waals surface area (Å²) in [4.78, 5) is 6.56. The fraction of sp³-hybridized carbons (Fsp3) is 0.500. The zero-order chi connectivity index (χ0) is 17.4. The maximum atomic E-state index is 13.1. The van der Waals surface area contributed by atoms with Crippen LogP contribution in [0, 0.1) is 17.1 Å². The summed E-state index contributed by atoms with van der Waals surface area (Å²) in [5.74, 6) is 1.52. The molecule has 0 aliphatic heterocycles. The molecule has 1 aromatic heterocycles. The van der Waals surface area contributed by atoms with Crippen molar-refractivity contribution in [1.29, 1.82) is 5.26 Å². The molecule has 0 spiro atoms. The Hall–Kier alpha value is -2.35. The number of nitrogens with zero attached hydrogens (tertiary/aromatic N) is 3. The van der Waals surface area contributed by atoms with E-state index in [0.717, 1.165) is 24.8 Å². The largest absolute Gasteiger partial charge is 0.423 e. The van der Waals surface area contributed by atoms with Crippen LogP contribution in [0.3, 0.4) is 0 Å². The number of anilines is 1. The molecule has 25 heavy (non-hydrogen) atoms. The van der Waals surface area contributed by atoms with E-state index in [4.69, 9.17) is 4.42 Å². The first-order chi connectivity index (χ1) is 12.2. The molecule has 5 heteroatoms. The number of hydrogen-bond donors (Lipinski definition) is 0. The van der Waals surface area contributed by atoms with Gasteiger partial charge in [-0.15, -0.1) is 0 Å². The van der Waals surface area contributed by atoms with E-state index in [-0.39, 0.29) is 11.7 Å². The van der Waals surface area contributed by atoms with E-state index in [1.54, 1.807) is 0 Å². The third-order valence-electron chi connectivity index (χ3n) is 5.58. The van der Waals surface area contributed by atoms with Gasteiger partial charge >= 0.3 is 0 Å². The molecule has 1 aromatic carbocycles.